The summed E-state index contributed by atoms with van der Waals surface area (Å²) in [7, 11) is 0. The van der Waals surface area contributed by atoms with Gasteiger partial charge >= 0.3 is 0 Å². The summed E-state index contributed by atoms with van der Waals surface area (Å²) in [6.45, 7) is 1.93. The summed E-state index contributed by atoms with van der Waals surface area (Å²) in [5.41, 5.74) is 3.01. The van der Waals surface area contributed by atoms with Crippen molar-refractivity contribution in [1.29, 1.82) is 0 Å². The number of Topliss-reactive ketones (excluding diaryl/α,β-unsaturated/α-hetero) is 1. The Kier molecular flexibility index (Phi) is 3.55. The Morgan fingerprint density at radius 2 is 1.88 bits per heavy atom. The van der Waals surface area contributed by atoms with Crippen molar-refractivity contribution in [1.82, 2.24) is 0 Å². The quantitative estimate of drug-likeness (QED) is 0.639. The average Bonchev–Trinajstić information content (AvgIpc) is 2.32. The molecule has 1 aliphatic rings. The van der Waals surface area contributed by atoms with E-state index in [9.17, 15) is 4.79 Å². The topological polar surface area (TPSA) is 17.1 Å². The molecule has 1 heteroatoms. The fourth-order valence-corrected chi connectivity index (χ4v) is 2.22. The molecule has 0 unspecified atom stereocenters. The van der Waals surface area contributed by atoms with Gasteiger partial charge in [0.25, 0.3) is 0 Å². The molecule has 0 spiro atoms. The number of ketones is 1. The fourth-order valence-electron chi connectivity index (χ4n) is 2.22. The molecule has 1 aliphatic carbocycles. The molecule has 0 bridgehead atoms. The second kappa shape index (κ2) is 5.11. The molecule has 0 heterocycles. The summed E-state index contributed by atoms with van der Waals surface area (Å²) in [6.07, 6.45) is 7.82. The molecule has 0 aliphatic heterocycles. The highest BCUT2D eigenvalue weighted by Gasteiger charge is 2.12. The molecule has 0 aromatic heterocycles. The molecule has 84 valence electrons. The van der Waals surface area contributed by atoms with Crippen LogP contribution in [0.15, 0.2) is 35.9 Å². The monoisotopic (exact) mass is 214 g/mol. The molecule has 0 radical (unpaired) electrons. The predicted octanol–water partition coefficient (Wildman–Crippen LogP) is 3.93. The zero-order valence-corrected chi connectivity index (χ0v) is 9.83. The van der Waals surface area contributed by atoms with E-state index in [1.165, 1.54) is 24.8 Å². The van der Waals surface area contributed by atoms with E-state index >= 15 is 0 Å². The van der Waals surface area contributed by atoms with E-state index in [2.05, 4.69) is 12.1 Å². The largest absolute Gasteiger partial charge is 0.289 e. The highest BCUT2D eigenvalue weighted by Crippen LogP contribution is 2.19. The highest BCUT2D eigenvalue weighted by atomic mass is 16.1. The number of hydrogen-bond donors (Lipinski definition) is 0. The Hall–Kier alpha value is -1.37. The molecule has 0 saturated carbocycles. The Bertz CT molecular complexity index is 415. The van der Waals surface area contributed by atoms with Crippen molar-refractivity contribution >= 4 is 5.78 Å². The van der Waals surface area contributed by atoms with Crippen molar-refractivity contribution in [2.75, 3.05) is 0 Å². The van der Waals surface area contributed by atoms with Gasteiger partial charge in [0.2, 0.25) is 0 Å². The molecule has 0 amide bonds. The van der Waals surface area contributed by atoms with Crippen LogP contribution in [0.3, 0.4) is 0 Å². The van der Waals surface area contributed by atoms with Gasteiger partial charge in [0.05, 0.1) is 0 Å². The van der Waals surface area contributed by atoms with E-state index < -0.39 is 0 Å². The van der Waals surface area contributed by atoms with Gasteiger partial charge in [-0.15, -0.1) is 0 Å². The zero-order chi connectivity index (χ0) is 11.4. The second-order valence-electron chi connectivity index (χ2n) is 4.47. The van der Waals surface area contributed by atoms with Gasteiger partial charge in [0.1, 0.15) is 0 Å². The van der Waals surface area contributed by atoms with E-state index in [0.29, 0.717) is 0 Å². The third-order valence-corrected chi connectivity index (χ3v) is 3.22. The average molecular weight is 214 g/mol. The lowest BCUT2D eigenvalue weighted by molar-refractivity contribution is 0.103. The van der Waals surface area contributed by atoms with Gasteiger partial charge in [-0.1, -0.05) is 36.8 Å². The summed E-state index contributed by atoms with van der Waals surface area (Å²) in [4.78, 5) is 12.2. The first-order chi connectivity index (χ1) is 7.79. The molecule has 0 atom stereocenters. The molecule has 1 nitrogen and oxygen atoms in total. The fraction of sp³-hybridized carbons (Fsp3) is 0.400. The van der Waals surface area contributed by atoms with Crippen LogP contribution in [0.25, 0.3) is 0 Å². The number of rotatable bonds is 0. The summed E-state index contributed by atoms with van der Waals surface area (Å²) in [6, 6.07) is 8.02. The van der Waals surface area contributed by atoms with Gasteiger partial charge in [-0.2, -0.15) is 0 Å². The van der Waals surface area contributed by atoms with E-state index in [0.717, 1.165) is 24.0 Å². The van der Waals surface area contributed by atoms with E-state index in [4.69, 9.17) is 0 Å². The first-order valence-electron chi connectivity index (χ1n) is 6.08. The standard InChI is InChI=1S/C15H18O/c1-12-8-4-2-3-5-9-13-10-6-7-11-14(13)15(12)16/h6-8,10-11H,2-5,9H2,1H3/b12-8-. The van der Waals surface area contributed by atoms with Crippen LogP contribution in [0.4, 0.5) is 0 Å². The van der Waals surface area contributed by atoms with Crippen LogP contribution in [0.5, 0.6) is 0 Å². The van der Waals surface area contributed by atoms with Crippen molar-refractivity contribution in [3.63, 3.8) is 0 Å². The van der Waals surface area contributed by atoms with Crippen molar-refractivity contribution in [3.05, 3.63) is 47.0 Å². The minimum atomic E-state index is 0.206. The van der Waals surface area contributed by atoms with Gasteiger partial charge < -0.3 is 0 Å². The molecule has 1 aromatic rings. The van der Waals surface area contributed by atoms with Gasteiger partial charge in [-0.25, -0.2) is 0 Å². The molecule has 0 N–H and O–H groups in total. The van der Waals surface area contributed by atoms with E-state index in [-0.39, 0.29) is 5.78 Å². The van der Waals surface area contributed by atoms with Crippen molar-refractivity contribution in [3.8, 4) is 0 Å². The van der Waals surface area contributed by atoms with Crippen LogP contribution in [0.2, 0.25) is 0 Å². The van der Waals surface area contributed by atoms with E-state index in [1.54, 1.807) is 0 Å². The van der Waals surface area contributed by atoms with Gasteiger partial charge in [0.15, 0.2) is 5.78 Å². The Labute approximate surface area is 97.2 Å². The molecular weight excluding hydrogens is 196 g/mol. The van der Waals surface area contributed by atoms with Gasteiger partial charge in [-0.3, -0.25) is 4.79 Å². The normalized spacial score (nSPS) is 20.8. The maximum Gasteiger partial charge on any atom is 0.188 e. The summed E-state index contributed by atoms with van der Waals surface area (Å²) in [5, 5.41) is 0. The van der Waals surface area contributed by atoms with Crippen molar-refractivity contribution in [2.24, 2.45) is 0 Å². The predicted molar refractivity (Wildman–Crippen MR) is 66.7 cm³/mol. The molecule has 0 fully saturated rings. The first kappa shape index (κ1) is 11.1. The second-order valence-corrected chi connectivity index (χ2v) is 4.47. The van der Waals surface area contributed by atoms with Crippen LogP contribution in [0.1, 0.15) is 48.5 Å². The van der Waals surface area contributed by atoms with E-state index in [1.807, 2.05) is 25.1 Å². The Morgan fingerprint density at radius 1 is 1.06 bits per heavy atom. The molecule has 2 rings (SSSR count). The molecule has 0 saturated heterocycles. The maximum absolute atomic E-state index is 12.2. The van der Waals surface area contributed by atoms with Crippen molar-refractivity contribution in [2.45, 2.75) is 39.0 Å². The number of fused-ring (bicyclic) bond motifs is 1. The lowest BCUT2D eigenvalue weighted by atomic mass is 9.93. The summed E-state index contributed by atoms with van der Waals surface area (Å²) < 4.78 is 0. The maximum atomic E-state index is 12.2. The number of aryl methyl sites for hydroxylation is 1. The van der Waals surface area contributed by atoms with Crippen LogP contribution >= 0.6 is 0 Å². The third kappa shape index (κ3) is 2.41. The van der Waals surface area contributed by atoms with Crippen LogP contribution in [0, 0.1) is 0 Å². The zero-order valence-electron chi connectivity index (χ0n) is 9.83. The number of carbonyl (C=O) groups excluding carboxylic acids is 1. The Balaban J connectivity index is 2.39. The molecular formula is C15H18O. The van der Waals surface area contributed by atoms with Crippen LogP contribution in [-0.2, 0) is 6.42 Å². The molecule has 1 aromatic carbocycles. The van der Waals surface area contributed by atoms with Crippen LogP contribution in [-0.4, -0.2) is 5.78 Å². The van der Waals surface area contributed by atoms with Crippen molar-refractivity contribution < 1.29 is 4.79 Å². The minimum Gasteiger partial charge on any atom is -0.289 e. The lowest BCUT2D eigenvalue weighted by Crippen LogP contribution is -2.06. The van der Waals surface area contributed by atoms with Crippen LogP contribution < -0.4 is 0 Å². The number of carbonyl (C=O) groups is 1. The van der Waals surface area contributed by atoms with Gasteiger partial charge in [-0.05, 0) is 43.7 Å². The summed E-state index contributed by atoms with van der Waals surface area (Å²) >= 11 is 0. The minimum absolute atomic E-state index is 0.206. The first-order valence-corrected chi connectivity index (χ1v) is 6.08. The third-order valence-electron chi connectivity index (χ3n) is 3.22. The number of benzene rings is 1. The summed E-state index contributed by atoms with van der Waals surface area (Å²) in [5.74, 6) is 0.206. The number of hydrogen-bond acceptors (Lipinski definition) is 1. The van der Waals surface area contributed by atoms with Gasteiger partial charge in [0, 0.05) is 5.56 Å². The Morgan fingerprint density at radius 3 is 2.75 bits per heavy atom. The molecule has 16 heavy (non-hydrogen) atoms. The lowest BCUT2D eigenvalue weighted by Gasteiger charge is -2.11. The SMILES string of the molecule is C/C1=C/CCCCCc2ccccc2C1=O. The smallest absolute Gasteiger partial charge is 0.188 e. The highest BCUT2D eigenvalue weighted by molar-refractivity contribution is 6.09. The number of allylic oxidation sites excluding steroid dienone is 2.